The van der Waals surface area contributed by atoms with Crippen LogP contribution in [0.4, 0.5) is 0 Å². The van der Waals surface area contributed by atoms with Crippen molar-refractivity contribution in [1.29, 1.82) is 0 Å². The summed E-state index contributed by atoms with van der Waals surface area (Å²) in [6.07, 6.45) is -0.206. The van der Waals surface area contributed by atoms with Crippen LogP contribution in [0.25, 0.3) is 0 Å². The van der Waals surface area contributed by atoms with Gasteiger partial charge < -0.3 is 14.3 Å². The Morgan fingerprint density at radius 3 is 2.33 bits per heavy atom. The van der Waals surface area contributed by atoms with Crippen molar-refractivity contribution in [2.24, 2.45) is 0 Å². The Hall–Kier alpha value is -0.870. The first-order valence-corrected chi connectivity index (χ1v) is 4.99. The predicted molar refractivity (Wildman–Crippen MR) is 59.7 cm³/mol. The predicted octanol–water partition coefficient (Wildman–Crippen LogP) is 1.13. The quantitative estimate of drug-likeness (QED) is 0.512. The second-order valence-corrected chi connectivity index (χ2v) is 4.96. The highest BCUT2D eigenvalue weighted by Crippen LogP contribution is 2.06. The largest absolute Gasteiger partial charge is 0.481 e. The molecule has 0 aliphatic heterocycles. The SMILES string of the molecule is C=C(C)COC(CC(=O)O)C[N+](C)(C)C. The zero-order valence-electron chi connectivity index (χ0n) is 10.1. The lowest BCUT2D eigenvalue weighted by molar-refractivity contribution is -0.873. The molecule has 0 saturated carbocycles. The number of carboxylic acids is 1. The van der Waals surface area contributed by atoms with E-state index in [1.165, 1.54) is 0 Å². The van der Waals surface area contributed by atoms with E-state index in [1.807, 2.05) is 28.1 Å². The molecule has 4 nitrogen and oxygen atoms in total. The average Bonchev–Trinajstić information content (AvgIpc) is 1.95. The normalized spacial score (nSPS) is 13.6. The zero-order valence-corrected chi connectivity index (χ0v) is 10.1. The van der Waals surface area contributed by atoms with Gasteiger partial charge in [-0.3, -0.25) is 4.79 Å². The lowest BCUT2D eigenvalue weighted by atomic mass is 10.2. The van der Waals surface area contributed by atoms with E-state index in [2.05, 4.69) is 6.58 Å². The molecule has 0 aromatic carbocycles. The highest BCUT2D eigenvalue weighted by Gasteiger charge is 2.21. The van der Waals surface area contributed by atoms with E-state index in [0.717, 1.165) is 5.57 Å². The van der Waals surface area contributed by atoms with Crippen LogP contribution >= 0.6 is 0 Å². The highest BCUT2D eigenvalue weighted by atomic mass is 16.5. The molecule has 0 radical (unpaired) electrons. The molecule has 15 heavy (non-hydrogen) atoms. The summed E-state index contributed by atoms with van der Waals surface area (Å²) in [4.78, 5) is 10.6. The molecule has 0 saturated heterocycles. The van der Waals surface area contributed by atoms with Gasteiger partial charge >= 0.3 is 5.97 Å². The van der Waals surface area contributed by atoms with Crippen molar-refractivity contribution in [1.82, 2.24) is 0 Å². The maximum Gasteiger partial charge on any atom is 0.306 e. The number of aliphatic carboxylic acids is 1. The monoisotopic (exact) mass is 216 g/mol. The molecule has 1 unspecified atom stereocenters. The van der Waals surface area contributed by atoms with Gasteiger partial charge in [-0.05, 0) is 6.92 Å². The third-order valence-corrected chi connectivity index (χ3v) is 1.72. The fourth-order valence-corrected chi connectivity index (χ4v) is 1.24. The first-order valence-electron chi connectivity index (χ1n) is 4.99. The molecular weight excluding hydrogens is 194 g/mol. The minimum absolute atomic E-state index is 0.0444. The van der Waals surface area contributed by atoms with E-state index in [4.69, 9.17) is 9.84 Å². The summed E-state index contributed by atoms with van der Waals surface area (Å²) in [5.41, 5.74) is 0.909. The first-order chi connectivity index (χ1) is 6.70. The van der Waals surface area contributed by atoms with Gasteiger partial charge in [-0.15, -0.1) is 0 Å². The first kappa shape index (κ1) is 14.1. The van der Waals surface area contributed by atoms with E-state index in [9.17, 15) is 4.79 Å². The van der Waals surface area contributed by atoms with Crippen LogP contribution in [0, 0.1) is 0 Å². The number of nitrogens with zero attached hydrogens (tertiary/aromatic N) is 1. The minimum atomic E-state index is -0.824. The number of rotatable bonds is 7. The fourth-order valence-electron chi connectivity index (χ4n) is 1.24. The summed E-state index contributed by atoms with van der Waals surface area (Å²) in [6, 6.07) is 0. The van der Waals surface area contributed by atoms with Crippen LogP contribution in [-0.4, -0.2) is 56.0 Å². The molecule has 1 atom stereocenters. The molecule has 0 heterocycles. The van der Waals surface area contributed by atoms with Crippen LogP contribution in [0.3, 0.4) is 0 Å². The molecule has 0 bridgehead atoms. The summed E-state index contributed by atoms with van der Waals surface area (Å²) in [5, 5.41) is 8.74. The second kappa shape index (κ2) is 5.88. The standard InChI is InChI=1S/C11H21NO3/c1-9(2)8-15-10(6-11(13)14)7-12(3,4)5/h10H,1,6-8H2,2-5H3/p+1. The molecule has 0 fully saturated rings. The number of hydrogen-bond donors (Lipinski definition) is 1. The number of quaternary nitrogens is 1. The Balaban J connectivity index is 4.18. The Bertz CT molecular complexity index is 230. The summed E-state index contributed by atoms with van der Waals surface area (Å²) in [6.45, 7) is 6.70. The van der Waals surface area contributed by atoms with E-state index < -0.39 is 5.97 Å². The van der Waals surface area contributed by atoms with Gasteiger partial charge in [0.2, 0.25) is 0 Å². The number of carboxylic acid groups (broad SMARTS) is 1. The molecule has 4 heteroatoms. The van der Waals surface area contributed by atoms with Gasteiger partial charge in [-0.2, -0.15) is 0 Å². The topological polar surface area (TPSA) is 46.5 Å². The zero-order chi connectivity index (χ0) is 12.1. The van der Waals surface area contributed by atoms with Crippen LogP contribution < -0.4 is 0 Å². The third kappa shape index (κ3) is 9.43. The average molecular weight is 216 g/mol. The van der Waals surface area contributed by atoms with Crippen LogP contribution in [0.5, 0.6) is 0 Å². The maximum atomic E-state index is 10.6. The Morgan fingerprint density at radius 1 is 1.47 bits per heavy atom. The molecule has 0 aliphatic rings. The molecule has 1 N–H and O–H groups in total. The minimum Gasteiger partial charge on any atom is -0.481 e. The Morgan fingerprint density at radius 2 is 2.00 bits per heavy atom. The molecule has 0 aromatic heterocycles. The summed E-state index contributed by atoms with van der Waals surface area (Å²) in [5.74, 6) is -0.824. The van der Waals surface area contributed by atoms with Gasteiger partial charge in [0, 0.05) is 0 Å². The highest BCUT2D eigenvalue weighted by molar-refractivity contribution is 5.67. The van der Waals surface area contributed by atoms with Crippen LogP contribution in [0.15, 0.2) is 12.2 Å². The maximum absolute atomic E-state index is 10.6. The van der Waals surface area contributed by atoms with Crippen molar-refractivity contribution in [3.8, 4) is 0 Å². The van der Waals surface area contributed by atoms with Crippen molar-refractivity contribution >= 4 is 5.97 Å². The van der Waals surface area contributed by atoms with E-state index >= 15 is 0 Å². The van der Waals surface area contributed by atoms with E-state index in [0.29, 0.717) is 17.6 Å². The fraction of sp³-hybridized carbons (Fsp3) is 0.727. The third-order valence-electron chi connectivity index (χ3n) is 1.72. The summed E-state index contributed by atoms with van der Waals surface area (Å²) < 4.78 is 6.18. The van der Waals surface area contributed by atoms with Crippen molar-refractivity contribution in [2.45, 2.75) is 19.4 Å². The second-order valence-electron chi connectivity index (χ2n) is 4.96. The molecule has 0 aliphatic carbocycles. The molecule has 0 spiro atoms. The number of likely N-dealkylation sites (N-methyl/N-ethyl adjacent to an activating group) is 1. The van der Waals surface area contributed by atoms with Gasteiger partial charge in [-0.1, -0.05) is 12.2 Å². The van der Waals surface area contributed by atoms with Crippen molar-refractivity contribution in [2.75, 3.05) is 34.3 Å². The van der Waals surface area contributed by atoms with Gasteiger partial charge in [0.1, 0.15) is 12.6 Å². The van der Waals surface area contributed by atoms with Gasteiger partial charge in [0.15, 0.2) is 0 Å². The molecular formula is C11H22NO3+. The number of carbonyl (C=O) groups is 1. The van der Waals surface area contributed by atoms with E-state index in [-0.39, 0.29) is 12.5 Å². The number of hydrogen-bond acceptors (Lipinski definition) is 2. The van der Waals surface area contributed by atoms with Crippen LogP contribution in [0.2, 0.25) is 0 Å². The molecule has 0 aromatic rings. The van der Waals surface area contributed by atoms with Gasteiger partial charge in [-0.25, -0.2) is 0 Å². The Kier molecular flexibility index (Phi) is 5.54. The summed E-state index contributed by atoms with van der Waals surface area (Å²) >= 11 is 0. The van der Waals surface area contributed by atoms with Crippen LogP contribution in [0.1, 0.15) is 13.3 Å². The molecule has 0 amide bonds. The number of ether oxygens (including phenoxy) is 1. The van der Waals surface area contributed by atoms with E-state index in [1.54, 1.807) is 0 Å². The summed E-state index contributed by atoms with van der Waals surface area (Å²) in [7, 11) is 6.04. The lowest BCUT2D eigenvalue weighted by Gasteiger charge is -2.28. The van der Waals surface area contributed by atoms with Gasteiger partial charge in [0.05, 0.1) is 34.2 Å². The Labute approximate surface area is 91.7 Å². The lowest BCUT2D eigenvalue weighted by Crippen LogP contribution is -2.43. The molecule has 88 valence electrons. The van der Waals surface area contributed by atoms with Gasteiger partial charge in [0.25, 0.3) is 0 Å². The van der Waals surface area contributed by atoms with Crippen molar-refractivity contribution in [3.63, 3.8) is 0 Å². The van der Waals surface area contributed by atoms with Crippen LogP contribution in [-0.2, 0) is 9.53 Å². The molecule has 0 rings (SSSR count). The smallest absolute Gasteiger partial charge is 0.306 e. The van der Waals surface area contributed by atoms with Crippen molar-refractivity contribution in [3.05, 3.63) is 12.2 Å². The van der Waals surface area contributed by atoms with Crippen molar-refractivity contribution < 1.29 is 19.1 Å².